The quantitative estimate of drug-likeness (QED) is 0.798. The number of ketones is 1. The fourth-order valence-corrected chi connectivity index (χ4v) is 3.27. The van der Waals surface area contributed by atoms with Gasteiger partial charge in [0, 0.05) is 17.9 Å². The van der Waals surface area contributed by atoms with Crippen molar-refractivity contribution in [2.24, 2.45) is 0 Å². The third-order valence-electron chi connectivity index (χ3n) is 2.77. The Hall–Kier alpha value is -1.53. The molecule has 0 saturated heterocycles. The maximum absolute atomic E-state index is 11.5. The van der Waals surface area contributed by atoms with Gasteiger partial charge in [0.1, 0.15) is 5.00 Å². The van der Waals surface area contributed by atoms with Crippen LogP contribution in [-0.2, 0) is 6.54 Å². The average molecular weight is 355 g/mol. The fourth-order valence-electron chi connectivity index (χ4n) is 1.84. The van der Waals surface area contributed by atoms with Crippen LogP contribution < -0.4 is 15.8 Å². The van der Waals surface area contributed by atoms with Crippen molar-refractivity contribution >= 4 is 43.7 Å². The molecule has 2 rings (SSSR count). The minimum absolute atomic E-state index is 0.0543. The second-order valence-electron chi connectivity index (χ2n) is 4.25. The SMILES string of the molecule is COc1c(NCc2cccc(Br)c2)sc(C(C)=O)c1N. The Labute approximate surface area is 130 Å². The smallest absolute Gasteiger partial charge is 0.176 e. The fraction of sp³-hybridized carbons (Fsp3) is 0.214. The molecule has 6 heteroatoms. The van der Waals surface area contributed by atoms with Crippen molar-refractivity contribution in [2.75, 3.05) is 18.2 Å². The first-order chi connectivity index (χ1) is 9.52. The topological polar surface area (TPSA) is 64.3 Å². The number of anilines is 2. The molecule has 20 heavy (non-hydrogen) atoms. The molecule has 0 atom stereocenters. The lowest BCUT2D eigenvalue weighted by molar-refractivity contribution is 0.102. The highest BCUT2D eigenvalue weighted by Gasteiger charge is 2.19. The minimum Gasteiger partial charge on any atom is -0.492 e. The van der Waals surface area contributed by atoms with E-state index in [0.717, 1.165) is 15.0 Å². The van der Waals surface area contributed by atoms with Crippen LogP contribution in [-0.4, -0.2) is 12.9 Å². The van der Waals surface area contributed by atoms with E-state index in [1.807, 2.05) is 24.3 Å². The Morgan fingerprint density at radius 3 is 2.85 bits per heavy atom. The third kappa shape index (κ3) is 3.13. The number of nitrogens with two attached hydrogens (primary N) is 1. The van der Waals surface area contributed by atoms with Gasteiger partial charge in [-0.2, -0.15) is 0 Å². The number of Topliss-reactive ketones (excluding diaryl/α,β-unsaturated/α-hetero) is 1. The molecule has 0 aliphatic carbocycles. The molecule has 0 bridgehead atoms. The number of hydrogen-bond acceptors (Lipinski definition) is 5. The van der Waals surface area contributed by atoms with E-state index in [9.17, 15) is 4.79 Å². The highest BCUT2D eigenvalue weighted by atomic mass is 79.9. The minimum atomic E-state index is -0.0543. The number of halogens is 1. The molecule has 0 aliphatic heterocycles. The average Bonchev–Trinajstić information content (AvgIpc) is 2.73. The summed E-state index contributed by atoms with van der Waals surface area (Å²) in [5, 5.41) is 4.04. The molecule has 3 N–H and O–H groups in total. The number of nitrogens with one attached hydrogen (secondary N) is 1. The molecule has 0 unspecified atom stereocenters. The van der Waals surface area contributed by atoms with Crippen LogP contribution in [0, 0.1) is 0 Å². The van der Waals surface area contributed by atoms with E-state index in [1.54, 1.807) is 7.11 Å². The predicted octanol–water partition coefficient (Wildman–Crippen LogP) is 3.92. The second kappa shape index (κ2) is 6.28. The summed E-state index contributed by atoms with van der Waals surface area (Å²) in [5.41, 5.74) is 7.45. The normalized spacial score (nSPS) is 10.3. The van der Waals surface area contributed by atoms with Gasteiger partial charge in [0.25, 0.3) is 0 Å². The van der Waals surface area contributed by atoms with E-state index < -0.39 is 0 Å². The number of benzene rings is 1. The lowest BCUT2D eigenvalue weighted by Crippen LogP contribution is -2.00. The Morgan fingerprint density at radius 1 is 1.50 bits per heavy atom. The number of hydrogen-bond donors (Lipinski definition) is 2. The molecule has 1 aromatic carbocycles. The first kappa shape index (κ1) is 14.9. The van der Waals surface area contributed by atoms with Gasteiger partial charge in [0.15, 0.2) is 11.5 Å². The molecule has 106 valence electrons. The molecule has 0 spiro atoms. The molecular weight excluding hydrogens is 340 g/mol. The molecule has 2 aromatic rings. The van der Waals surface area contributed by atoms with Crippen LogP contribution in [0.5, 0.6) is 5.75 Å². The van der Waals surface area contributed by atoms with Crippen LogP contribution in [0.25, 0.3) is 0 Å². The summed E-state index contributed by atoms with van der Waals surface area (Å²) in [6.45, 7) is 2.13. The number of carbonyl (C=O) groups is 1. The van der Waals surface area contributed by atoms with E-state index in [1.165, 1.54) is 18.3 Å². The third-order valence-corrected chi connectivity index (χ3v) is 4.50. The van der Waals surface area contributed by atoms with Crippen molar-refractivity contribution in [3.63, 3.8) is 0 Å². The molecule has 0 aliphatic rings. The van der Waals surface area contributed by atoms with Gasteiger partial charge in [-0.25, -0.2) is 0 Å². The van der Waals surface area contributed by atoms with Crippen molar-refractivity contribution in [1.82, 2.24) is 0 Å². The van der Waals surface area contributed by atoms with E-state index in [0.29, 0.717) is 22.9 Å². The highest BCUT2D eigenvalue weighted by Crippen LogP contribution is 2.42. The van der Waals surface area contributed by atoms with Gasteiger partial charge in [-0.3, -0.25) is 4.79 Å². The Kier molecular flexibility index (Phi) is 4.67. The van der Waals surface area contributed by atoms with Crippen LogP contribution in [0.3, 0.4) is 0 Å². The van der Waals surface area contributed by atoms with Gasteiger partial charge < -0.3 is 15.8 Å². The van der Waals surface area contributed by atoms with Crippen LogP contribution in [0.4, 0.5) is 10.7 Å². The summed E-state index contributed by atoms with van der Waals surface area (Å²) in [7, 11) is 1.55. The zero-order chi connectivity index (χ0) is 14.7. The van der Waals surface area contributed by atoms with Gasteiger partial charge in [0.05, 0.1) is 17.7 Å². The van der Waals surface area contributed by atoms with Gasteiger partial charge in [-0.15, -0.1) is 11.3 Å². The zero-order valence-electron chi connectivity index (χ0n) is 11.2. The lowest BCUT2D eigenvalue weighted by Gasteiger charge is -2.07. The number of nitrogen functional groups attached to an aromatic ring is 1. The summed E-state index contributed by atoms with van der Waals surface area (Å²) < 4.78 is 6.31. The van der Waals surface area contributed by atoms with E-state index in [2.05, 4.69) is 21.2 Å². The maximum Gasteiger partial charge on any atom is 0.176 e. The van der Waals surface area contributed by atoms with Crippen LogP contribution in [0.2, 0.25) is 0 Å². The number of carbonyl (C=O) groups excluding carboxylic acids is 1. The number of ether oxygens (including phenoxy) is 1. The maximum atomic E-state index is 11.5. The standard InChI is InChI=1S/C14H15BrN2O2S/c1-8(18)13-11(16)12(19-2)14(20-13)17-7-9-4-3-5-10(15)6-9/h3-6,17H,7,16H2,1-2H3. The van der Waals surface area contributed by atoms with E-state index >= 15 is 0 Å². The largest absolute Gasteiger partial charge is 0.492 e. The molecule has 4 nitrogen and oxygen atoms in total. The summed E-state index contributed by atoms with van der Waals surface area (Å²) in [5.74, 6) is 0.483. The number of rotatable bonds is 5. The molecule has 0 radical (unpaired) electrons. The summed E-state index contributed by atoms with van der Waals surface area (Å²) >= 11 is 4.76. The van der Waals surface area contributed by atoms with Gasteiger partial charge in [-0.1, -0.05) is 28.1 Å². The predicted molar refractivity (Wildman–Crippen MR) is 86.8 cm³/mol. The molecule has 0 amide bonds. The summed E-state index contributed by atoms with van der Waals surface area (Å²) in [4.78, 5) is 12.0. The van der Waals surface area contributed by atoms with E-state index in [4.69, 9.17) is 10.5 Å². The lowest BCUT2D eigenvalue weighted by atomic mass is 10.2. The van der Waals surface area contributed by atoms with Crippen molar-refractivity contribution in [2.45, 2.75) is 13.5 Å². The second-order valence-corrected chi connectivity index (χ2v) is 6.18. The molecule has 1 aromatic heterocycles. The molecule has 0 saturated carbocycles. The first-order valence-electron chi connectivity index (χ1n) is 5.98. The Bertz CT molecular complexity index is 640. The van der Waals surface area contributed by atoms with Crippen molar-refractivity contribution in [1.29, 1.82) is 0 Å². The first-order valence-corrected chi connectivity index (χ1v) is 7.59. The van der Waals surface area contributed by atoms with Gasteiger partial charge in [-0.05, 0) is 17.7 Å². The molecule has 1 heterocycles. The van der Waals surface area contributed by atoms with Crippen LogP contribution >= 0.6 is 27.3 Å². The van der Waals surface area contributed by atoms with Crippen LogP contribution in [0.1, 0.15) is 22.2 Å². The molecule has 0 fully saturated rings. The molecular formula is C14H15BrN2O2S. The van der Waals surface area contributed by atoms with E-state index in [-0.39, 0.29) is 5.78 Å². The van der Waals surface area contributed by atoms with Gasteiger partial charge in [0.2, 0.25) is 0 Å². The zero-order valence-corrected chi connectivity index (χ0v) is 13.6. The Morgan fingerprint density at radius 2 is 2.25 bits per heavy atom. The highest BCUT2D eigenvalue weighted by molar-refractivity contribution is 9.10. The van der Waals surface area contributed by atoms with Crippen molar-refractivity contribution in [3.05, 3.63) is 39.2 Å². The van der Waals surface area contributed by atoms with Crippen molar-refractivity contribution < 1.29 is 9.53 Å². The van der Waals surface area contributed by atoms with Crippen molar-refractivity contribution in [3.8, 4) is 5.75 Å². The monoisotopic (exact) mass is 354 g/mol. The number of thiophene rings is 1. The van der Waals surface area contributed by atoms with Gasteiger partial charge >= 0.3 is 0 Å². The number of methoxy groups -OCH3 is 1. The summed E-state index contributed by atoms with van der Waals surface area (Å²) in [6.07, 6.45) is 0. The van der Waals surface area contributed by atoms with Crippen LogP contribution in [0.15, 0.2) is 28.7 Å². The Balaban J connectivity index is 2.21. The summed E-state index contributed by atoms with van der Waals surface area (Å²) in [6, 6.07) is 8.00.